The molecule has 3 N–H and O–H groups in total. The first-order valence-corrected chi connectivity index (χ1v) is 6.17. The van der Waals surface area contributed by atoms with Crippen LogP contribution in [0.4, 0.5) is 15.8 Å². The number of nitrogens with zero attached hydrogens (tertiary/aromatic N) is 2. The smallest absolute Gasteiger partial charge is 0.172 e. The average Bonchev–Trinajstić information content (AvgIpc) is 2.45. The van der Waals surface area contributed by atoms with Gasteiger partial charge in [0.1, 0.15) is 5.82 Å². The minimum atomic E-state index is -0.339. The van der Waals surface area contributed by atoms with E-state index in [0.717, 1.165) is 0 Å². The van der Waals surface area contributed by atoms with Gasteiger partial charge in [0, 0.05) is 23.3 Å². The Morgan fingerprint density at radius 2 is 2.05 bits per heavy atom. The molecular formula is C14H13ClFN3O. The molecule has 0 aliphatic rings. The van der Waals surface area contributed by atoms with Crippen molar-refractivity contribution in [2.24, 2.45) is 10.9 Å². The summed E-state index contributed by atoms with van der Waals surface area (Å²) in [5, 5.41) is 12.3. The third-order valence-electron chi connectivity index (χ3n) is 2.90. The Labute approximate surface area is 120 Å². The number of rotatable bonds is 3. The van der Waals surface area contributed by atoms with Crippen molar-refractivity contribution in [3.05, 3.63) is 58.9 Å². The molecule has 2 aromatic rings. The van der Waals surface area contributed by atoms with E-state index >= 15 is 0 Å². The fraction of sp³-hybridized carbons (Fsp3) is 0.0714. The number of halogens is 2. The van der Waals surface area contributed by atoms with Crippen LogP contribution in [0, 0.1) is 5.82 Å². The van der Waals surface area contributed by atoms with Gasteiger partial charge in [0.15, 0.2) is 5.84 Å². The van der Waals surface area contributed by atoms with Crippen LogP contribution in [0.15, 0.2) is 47.6 Å². The van der Waals surface area contributed by atoms with Crippen molar-refractivity contribution in [2.75, 3.05) is 11.9 Å². The summed E-state index contributed by atoms with van der Waals surface area (Å²) in [6.45, 7) is 0. The maximum Gasteiger partial charge on any atom is 0.172 e. The van der Waals surface area contributed by atoms with Crippen LogP contribution in [0.25, 0.3) is 0 Å². The number of oxime groups is 1. The average molecular weight is 294 g/mol. The maximum absolute atomic E-state index is 13.3. The summed E-state index contributed by atoms with van der Waals surface area (Å²) >= 11 is 5.92. The van der Waals surface area contributed by atoms with Gasteiger partial charge >= 0.3 is 0 Å². The van der Waals surface area contributed by atoms with Crippen LogP contribution in [0.2, 0.25) is 5.02 Å². The molecule has 6 heteroatoms. The monoisotopic (exact) mass is 293 g/mol. The molecule has 0 atom stereocenters. The normalized spacial score (nSPS) is 11.4. The molecule has 0 fully saturated rings. The van der Waals surface area contributed by atoms with E-state index in [4.69, 9.17) is 22.5 Å². The van der Waals surface area contributed by atoms with Gasteiger partial charge in [-0.3, -0.25) is 0 Å². The maximum atomic E-state index is 13.3. The lowest BCUT2D eigenvalue weighted by atomic mass is 10.1. The van der Waals surface area contributed by atoms with E-state index in [2.05, 4.69) is 5.16 Å². The fourth-order valence-electron chi connectivity index (χ4n) is 1.88. The van der Waals surface area contributed by atoms with Crippen molar-refractivity contribution in [1.82, 2.24) is 0 Å². The molecule has 0 saturated carbocycles. The van der Waals surface area contributed by atoms with Crippen molar-refractivity contribution in [3.63, 3.8) is 0 Å². The number of amidine groups is 1. The van der Waals surface area contributed by atoms with Gasteiger partial charge in [-0.25, -0.2) is 4.39 Å². The Morgan fingerprint density at radius 3 is 2.70 bits per heavy atom. The molecule has 4 nitrogen and oxygen atoms in total. The van der Waals surface area contributed by atoms with E-state index in [0.29, 0.717) is 22.0 Å². The standard InChI is InChI=1S/C14H13ClFN3O/c1-19(11-4-2-3-10(16)8-11)13-6-5-9(15)7-12(13)14(17)18-20/h2-8,20H,1H3,(H2,17,18). The Bertz CT molecular complexity index is 661. The molecule has 0 aliphatic carbocycles. The molecule has 0 radical (unpaired) electrons. The molecule has 20 heavy (non-hydrogen) atoms. The molecule has 0 heterocycles. The van der Waals surface area contributed by atoms with Crippen molar-refractivity contribution < 1.29 is 9.60 Å². The largest absolute Gasteiger partial charge is 0.409 e. The second-order valence-corrected chi connectivity index (χ2v) is 4.62. The highest BCUT2D eigenvalue weighted by atomic mass is 35.5. The second kappa shape index (κ2) is 5.79. The summed E-state index contributed by atoms with van der Waals surface area (Å²) in [7, 11) is 1.76. The summed E-state index contributed by atoms with van der Waals surface area (Å²) in [6.07, 6.45) is 0. The van der Waals surface area contributed by atoms with Crippen LogP contribution in [0.1, 0.15) is 5.56 Å². The van der Waals surface area contributed by atoms with Gasteiger partial charge in [-0.15, -0.1) is 0 Å². The van der Waals surface area contributed by atoms with Crippen LogP contribution < -0.4 is 10.6 Å². The van der Waals surface area contributed by atoms with Crippen molar-refractivity contribution in [3.8, 4) is 0 Å². The Morgan fingerprint density at radius 1 is 1.30 bits per heavy atom. The van der Waals surface area contributed by atoms with E-state index in [9.17, 15) is 4.39 Å². The summed E-state index contributed by atoms with van der Waals surface area (Å²) in [5.41, 5.74) is 7.40. The summed E-state index contributed by atoms with van der Waals surface area (Å²) in [6, 6.07) is 11.1. The van der Waals surface area contributed by atoms with Gasteiger partial charge in [-0.1, -0.05) is 22.8 Å². The first-order chi connectivity index (χ1) is 9.52. The lowest BCUT2D eigenvalue weighted by Crippen LogP contribution is -2.19. The summed E-state index contributed by atoms with van der Waals surface area (Å²) in [4.78, 5) is 1.73. The molecule has 2 rings (SSSR count). The molecule has 0 aromatic heterocycles. The van der Waals surface area contributed by atoms with Crippen LogP contribution in [0.3, 0.4) is 0 Å². The van der Waals surface area contributed by atoms with Crippen molar-refractivity contribution in [1.29, 1.82) is 0 Å². The van der Waals surface area contributed by atoms with Gasteiger partial charge < -0.3 is 15.8 Å². The van der Waals surface area contributed by atoms with Crippen LogP contribution in [0.5, 0.6) is 0 Å². The number of hydrogen-bond donors (Lipinski definition) is 2. The first kappa shape index (κ1) is 14.1. The fourth-order valence-corrected chi connectivity index (χ4v) is 2.06. The minimum absolute atomic E-state index is 0.0641. The molecule has 0 amide bonds. The summed E-state index contributed by atoms with van der Waals surface area (Å²) < 4.78 is 13.3. The predicted octanol–water partition coefficient (Wildman–Crippen LogP) is 3.34. The number of nitrogens with two attached hydrogens (primary N) is 1. The van der Waals surface area contributed by atoms with Gasteiger partial charge in [-0.2, -0.15) is 0 Å². The van der Waals surface area contributed by atoms with E-state index in [1.807, 2.05) is 0 Å². The van der Waals surface area contributed by atoms with E-state index in [-0.39, 0.29) is 11.7 Å². The van der Waals surface area contributed by atoms with Crippen LogP contribution in [-0.4, -0.2) is 18.1 Å². The lowest BCUT2D eigenvalue weighted by Gasteiger charge is -2.22. The molecule has 2 aromatic carbocycles. The highest BCUT2D eigenvalue weighted by molar-refractivity contribution is 6.31. The van der Waals surface area contributed by atoms with Gasteiger partial charge in [-0.05, 0) is 36.4 Å². The number of hydrogen-bond acceptors (Lipinski definition) is 3. The molecule has 0 spiro atoms. The van der Waals surface area contributed by atoms with E-state index in [1.54, 1.807) is 42.3 Å². The van der Waals surface area contributed by atoms with Gasteiger partial charge in [0.2, 0.25) is 0 Å². The summed E-state index contributed by atoms with van der Waals surface area (Å²) in [5.74, 6) is -0.403. The highest BCUT2D eigenvalue weighted by Gasteiger charge is 2.13. The zero-order valence-corrected chi connectivity index (χ0v) is 11.5. The zero-order valence-electron chi connectivity index (χ0n) is 10.7. The predicted molar refractivity (Wildman–Crippen MR) is 78.4 cm³/mol. The van der Waals surface area contributed by atoms with E-state index < -0.39 is 0 Å². The highest BCUT2D eigenvalue weighted by Crippen LogP contribution is 2.29. The quantitative estimate of drug-likeness (QED) is 0.395. The SMILES string of the molecule is CN(c1cccc(F)c1)c1ccc(Cl)cc1C(N)=NO. The number of anilines is 2. The molecule has 0 saturated heterocycles. The van der Waals surface area contributed by atoms with Gasteiger partial charge in [0.05, 0.1) is 5.69 Å². The van der Waals surface area contributed by atoms with Crippen LogP contribution in [-0.2, 0) is 0 Å². The zero-order chi connectivity index (χ0) is 14.7. The first-order valence-electron chi connectivity index (χ1n) is 5.79. The van der Waals surface area contributed by atoms with Crippen molar-refractivity contribution in [2.45, 2.75) is 0 Å². The van der Waals surface area contributed by atoms with Gasteiger partial charge in [0.25, 0.3) is 0 Å². The third kappa shape index (κ3) is 2.83. The van der Waals surface area contributed by atoms with Crippen molar-refractivity contribution >= 4 is 28.8 Å². The Kier molecular flexibility index (Phi) is 4.10. The second-order valence-electron chi connectivity index (χ2n) is 4.19. The molecule has 0 unspecified atom stereocenters. The third-order valence-corrected chi connectivity index (χ3v) is 3.13. The molecule has 0 bridgehead atoms. The Balaban J connectivity index is 2.52. The Hall–Kier alpha value is -2.27. The molecular weight excluding hydrogens is 281 g/mol. The topological polar surface area (TPSA) is 61.8 Å². The molecule has 104 valence electrons. The number of benzene rings is 2. The van der Waals surface area contributed by atoms with E-state index in [1.165, 1.54) is 12.1 Å². The molecule has 0 aliphatic heterocycles. The minimum Gasteiger partial charge on any atom is -0.409 e. The lowest BCUT2D eigenvalue weighted by molar-refractivity contribution is 0.318. The van der Waals surface area contributed by atoms with Crippen LogP contribution >= 0.6 is 11.6 Å².